The van der Waals surface area contributed by atoms with E-state index in [1.54, 1.807) is 13.8 Å². The van der Waals surface area contributed by atoms with Crippen molar-refractivity contribution in [2.75, 3.05) is 0 Å². The van der Waals surface area contributed by atoms with Gasteiger partial charge in [0.1, 0.15) is 6.04 Å². The lowest BCUT2D eigenvalue weighted by Gasteiger charge is -2.16. The first-order valence-electron chi connectivity index (χ1n) is 6.72. The number of hydrogen-bond donors (Lipinski definition) is 1. The number of hydrogen-bond acceptors (Lipinski definition) is 3. The number of nitrogens with two attached hydrogens (primary N) is 1. The molecule has 0 rings (SSSR count). The quantitative estimate of drug-likeness (QED) is 0.634. The summed E-state index contributed by atoms with van der Waals surface area (Å²) in [5.41, 5.74) is 5.43. The van der Waals surface area contributed by atoms with Crippen LogP contribution in [-0.2, 0) is 9.53 Å². The average Bonchev–Trinajstić information content (AvgIpc) is 2.12. The first-order chi connectivity index (χ1) is 7.74. The lowest BCUT2D eigenvalue weighted by Crippen LogP contribution is -2.38. The van der Waals surface area contributed by atoms with Gasteiger partial charge < -0.3 is 10.5 Å². The molecule has 0 aromatic heterocycles. The van der Waals surface area contributed by atoms with Crippen LogP contribution in [0.5, 0.6) is 0 Å². The Morgan fingerprint density at radius 1 is 1.64 bits per heavy atom. The fraction of sp³-hybridized carbons (Fsp3) is 0.875. The Morgan fingerprint density at radius 2 is 2.18 bits per heavy atom. The van der Waals surface area contributed by atoms with Crippen LogP contribution in [0, 0.1) is 5.92 Å². The van der Waals surface area contributed by atoms with Gasteiger partial charge in [-0.15, -0.1) is 0 Å². The summed E-state index contributed by atoms with van der Waals surface area (Å²) in [6, 6.07) is -1.18. The van der Waals surface area contributed by atoms with E-state index in [4.69, 9.17) is 15.3 Å². The molecule has 66 valence electrons. The van der Waals surface area contributed by atoms with Crippen molar-refractivity contribution in [2.45, 2.75) is 39.7 Å². The molecular weight excluding hydrogens is 142 g/mol. The summed E-state index contributed by atoms with van der Waals surface area (Å²) in [5, 5.41) is 0. The zero-order valence-corrected chi connectivity index (χ0v) is 6.55. The Labute approximate surface area is 77.7 Å². The molecule has 2 N–H and O–H groups in total. The van der Waals surface area contributed by atoms with Gasteiger partial charge in [-0.25, -0.2) is 0 Å². The standard InChI is InChI=1S/C8H17NO2/c1-5(2)7(9)8(10)11-6(3)4/h5-7H,9H2,1-4H3/t7-/m0/s1/i3D3,4D3,6D. The van der Waals surface area contributed by atoms with Gasteiger partial charge in [-0.1, -0.05) is 13.8 Å². The van der Waals surface area contributed by atoms with E-state index in [0.29, 0.717) is 0 Å². The minimum absolute atomic E-state index is 0.366. The number of ether oxygens (including phenoxy) is 1. The van der Waals surface area contributed by atoms with Gasteiger partial charge in [-0.05, 0) is 19.6 Å². The van der Waals surface area contributed by atoms with Crippen LogP contribution in [0.3, 0.4) is 0 Å². The first-order valence-corrected chi connectivity index (χ1v) is 3.22. The smallest absolute Gasteiger partial charge is 0.323 e. The van der Waals surface area contributed by atoms with Gasteiger partial charge in [0, 0.05) is 8.22 Å². The van der Waals surface area contributed by atoms with Crippen molar-refractivity contribution in [1.82, 2.24) is 0 Å². The second-order valence-corrected chi connectivity index (χ2v) is 2.52. The highest BCUT2D eigenvalue weighted by atomic mass is 16.5. The van der Waals surface area contributed by atoms with Gasteiger partial charge >= 0.3 is 5.97 Å². The van der Waals surface area contributed by atoms with Crippen molar-refractivity contribution < 1.29 is 19.1 Å². The predicted molar refractivity (Wildman–Crippen MR) is 44.0 cm³/mol. The molecule has 0 heterocycles. The second kappa shape index (κ2) is 4.34. The van der Waals surface area contributed by atoms with Crippen LogP contribution < -0.4 is 5.73 Å². The summed E-state index contributed by atoms with van der Waals surface area (Å²) in [5.74, 6) is -1.58. The Kier molecular flexibility index (Phi) is 1.35. The lowest BCUT2D eigenvalue weighted by atomic mass is 10.1. The van der Waals surface area contributed by atoms with Crippen molar-refractivity contribution in [3.05, 3.63) is 0 Å². The molecule has 0 aromatic carbocycles. The maximum atomic E-state index is 11.5. The van der Waals surface area contributed by atoms with Crippen molar-refractivity contribution in [3.63, 3.8) is 0 Å². The van der Waals surface area contributed by atoms with Gasteiger partial charge in [0.2, 0.25) is 0 Å². The fourth-order valence-electron chi connectivity index (χ4n) is 0.441. The van der Waals surface area contributed by atoms with Crippen molar-refractivity contribution in [2.24, 2.45) is 11.7 Å². The van der Waals surface area contributed by atoms with E-state index in [-0.39, 0.29) is 5.92 Å². The van der Waals surface area contributed by atoms with Gasteiger partial charge in [-0.2, -0.15) is 0 Å². The Bertz CT molecular complexity index is 296. The highest BCUT2D eigenvalue weighted by Crippen LogP contribution is 2.02. The molecule has 0 fully saturated rings. The molecule has 0 unspecified atom stereocenters. The molecule has 3 heteroatoms. The predicted octanol–water partition coefficient (Wildman–Crippen LogP) is 0.921. The van der Waals surface area contributed by atoms with Crippen LogP contribution in [0.2, 0.25) is 0 Å². The van der Waals surface area contributed by atoms with E-state index in [2.05, 4.69) is 4.74 Å². The van der Waals surface area contributed by atoms with Crippen LogP contribution in [0.1, 0.15) is 37.1 Å². The number of esters is 1. The summed E-state index contributed by atoms with van der Waals surface area (Å²) < 4.78 is 54.1. The minimum Gasteiger partial charge on any atom is -0.462 e. The van der Waals surface area contributed by atoms with E-state index >= 15 is 0 Å². The molecule has 0 spiro atoms. The number of rotatable bonds is 3. The zero-order chi connectivity index (χ0) is 14.9. The van der Waals surface area contributed by atoms with E-state index in [9.17, 15) is 4.79 Å². The van der Waals surface area contributed by atoms with Gasteiger partial charge in [-0.3, -0.25) is 4.79 Å². The summed E-state index contributed by atoms with van der Waals surface area (Å²) in [4.78, 5) is 11.5. The van der Waals surface area contributed by atoms with Gasteiger partial charge in [0.05, 0.1) is 7.45 Å². The van der Waals surface area contributed by atoms with Crippen LogP contribution in [0.15, 0.2) is 0 Å². The molecule has 0 amide bonds. The molecule has 0 aliphatic carbocycles. The third kappa shape index (κ3) is 3.98. The molecule has 0 radical (unpaired) electrons. The molecule has 0 aliphatic heterocycles. The summed E-state index contributed by atoms with van der Waals surface area (Å²) in [6.07, 6.45) is -3.32. The highest BCUT2D eigenvalue weighted by Gasteiger charge is 2.19. The molecule has 0 bridgehead atoms. The Morgan fingerprint density at radius 3 is 2.55 bits per heavy atom. The monoisotopic (exact) mass is 166 g/mol. The van der Waals surface area contributed by atoms with E-state index in [0.717, 1.165) is 0 Å². The minimum atomic E-state index is -3.32. The normalized spacial score (nSPS) is 26.4. The third-order valence-electron chi connectivity index (χ3n) is 1.19. The van der Waals surface area contributed by atoms with Crippen LogP contribution in [0.4, 0.5) is 0 Å². The molecule has 0 saturated carbocycles. The van der Waals surface area contributed by atoms with Crippen LogP contribution in [0.25, 0.3) is 0 Å². The third-order valence-corrected chi connectivity index (χ3v) is 1.19. The van der Waals surface area contributed by atoms with E-state index in [1.165, 1.54) is 0 Å². The fourth-order valence-corrected chi connectivity index (χ4v) is 0.441. The molecule has 11 heavy (non-hydrogen) atoms. The zero-order valence-electron chi connectivity index (χ0n) is 13.5. The molecular formula is C8H17NO2. The topological polar surface area (TPSA) is 52.3 Å². The number of carbonyl (C=O) groups is 1. The van der Waals surface area contributed by atoms with Crippen molar-refractivity contribution in [1.29, 1.82) is 0 Å². The second-order valence-electron chi connectivity index (χ2n) is 2.52. The molecule has 0 saturated heterocycles. The summed E-state index contributed by atoms with van der Waals surface area (Å²) in [7, 11) is 0. The van der Waals surface area contributed by atoms with Crippen LogP contribution >= 0.6 is 0 Å². The van der Waals surface area contributed by atoms with Crippen molar-refractivity contribution >= 4 is 5.97 Å². The summed E-state index contributed by atoms with van der Waals surface area (Å²) in [6.45, 7) is -3.43. The SMILES string of the molecule is [2H]C([2H])([2H])C([2H])(OC(=O)[C@@H](N)C(C)C)C([2H])([2H])[2H]. The first kappa shape index (κ1) is 3.44. The maximum absolute atomic E-state index is 11.5. The Balaban J connectivity index is 5.25. The average molecular weight is 166 g/mol. The highest BCUT2D eigenvalue weighted by molar-refractivity contribution is 5.75. The molecule has 3 nitrogen and oxygen atoms in total. The molecule has 0 aromatic rings. The maximum Gasteiger partial charge on any atom is 0.323 e. The largest absolute Gasteiger partial charge is 0.462 e. The van der Waals surface area contributed by atoms with Crippen LogP contribution in [-0.4, -0.2) is 18.1 Å². The summed E-state index contributed by atoms with van der Waals surface area (Å²) >= 11 is 0. The number of carbonyl (C=O) groups excluding carboxylic acids is 1. The lowest BCUT2D eigenvalue weighted by molar-refractivity contribution is -0.150. The van der Waals surface area contributed by atoms with Gasteiger partial charge in [0.15, 0.2) is 0 Å². The van der Waals surface area contributed by atoms with E-state index < -0.39 is 31.8 Å². The van der Waals surface area contributed by atoms with Gasteiger partial charge in [0.25, 0.3) is 0 Å². The molecule has 1 atom stereocenters. The molecule has 0 aliphatic rings. The van der Waals surface area contributed by atoms with Crippen molar-refractivity contribution in [3.8, 4) is 0 Å². The Hall–Kier alpha value is -0.570. The van der Waals surface area contributed by atoms with E-state index in [1.807, 2.05) is 0 Å².